The third-order valence-corrected chi connectivity index (χ3v) is 5.83. The molecule has 2 saturated heterocycles. The van der Waals surface area contributed by atoms with Crippen LogP contribution in [0, 0.1) is 5.92 Å². The summed E-state index contributed by atoms with van der Waals surface area (Å²) in [5.41, 5.74) is -0.709. The maximum absolute atomic E-state index is 12.7. The molecule has 0 bridgehead atoms. The van der Waals surface area contributed by atoms with Crippen LogP contribution in [0.5, 0.6) is 0 Å². The van der Waals surface area contributed by atoms with E-state index in [1.54, 1.807) is 0 Å². The molecule has 6 nitrogen and oxygen atoms in total. The zero-order chi connectivity index (χ0) is 17.3. The van der Waals surface area contributed by atoms with E-state index in [0.717, 1.165) is 13.1 Å². The van der Waals surface area contributed by atoms with Crippen molar-refractivity contribution in [3.05, 3.63) is 0 Å². The van der Waals surface area contributed by atoms with Crippen molar-refractivity contribution in [2.45, 2.75) is 70.6 Å². The highest BCUT2D eigenvalue weighted by molar-refractivity contribution is 6.07. The first kappa shape index (κ1) is 17.7. The van der Waals surface area contributed by atoms with E-state index >= 15 is 0 Å². The second-order valence-corrected chi connectivity index (χ2v) is 7.98. The number of hydrogen-bond donors (Lipinski definition) is 1. The van der Waals surface area contributed by atoms with Gasteiger partial charge in [-0.15, -0.1) is 0 Å². The molecule has 6 heteroatoms. The first-order valence-electron chi connectivity index (χ1n) is 9.43. The van der Waals surface area contributed by atoms with Gasteiger partial charge in [-0.3, -0.25) is 14.6 Å². The number of carbonyl (C=O) groups is 2. The predicted octanol–water partition coefficient (Wildman–Crippen LogP) is 1.99. The summed E-state index contributed by atoms with van der Waals surface area (Å²) in [4.78, 5) is 28.4. The lowest BCUT2D eigenvalue weighted by Crippen LogP contribution is -2.50. The lowest BCUT2D eigenvalue weighted by molar-refractivity contribution is -0.132. The number of nitrogens with one attached hydrogen (secondary N) is 1. The Kier molecular flexibility index (Phi) is 5.16. The summed E-state index contributed by atoms with van der Waals surface area (Å²) >= 11 is 0. The number of ether oxygens (including phenoxy) is 1. The van der Waals surface area contributed by atoms with Crippen molar-refractivity contribution in [1.82, 2.24) is 15.1 Å². The van der Waals surface area contributed by atoms with Gasteiger partial charge in [0.1, 0.15) is 5.54 Å². The molecule has 3 atom stereocenters. The molecule has 3 aliphatic rings. The van der Waals surface area contributed by atoms with Crippen LogP contribution in [-0.4, -0.2) is 65.7 Å². The Labute approximate surface area is 144 Å². The van der Waals surface area contributed by atoms with Crippen molar-refractivity contribution in [1.29, 1.82) is 0 Å². The lowest BCUT2D eigenvalue weighted by Gasteiger charge is -2.29. The molecule has 0 aromatic carbocycles. The van der Waals surface area contributed by atoms with Gasteiger partial charge in [-0.05, 0) is 39.0 Å². The summed E-state index contributed by atoms with van der Waals surface area (Å²) in [6, 6.07) is -0.342. The van der Waals surface area contributed by atoms with Crippen LogP contribution in [0.4, 0.5) is 4.79 Å². The lowest BCUT2D eigenvalue weighted by atomic mass is 9.88. The fourth-order valence-electron chi connectivity index (χ4n) is 4.33. The number of hydrogen-bond acceptors (Lipinski definition) is 4. The number of urea groups is 1. The van der Waals surface area contributed by atoms with Crippen LogP contribution >= 0.6 is 0 Å². The molecule has 1 aliphatic carbocycles. The Morgan fingerprint density at radius 1 is 1.29 bits per heavy atom. The number of carbonyl (C=O) groups excluding carboxylic acids is 2. The quantitative estimate of drug-likeness (QED) is 0.779. The van der Waals surface area contributed by atoms with Crippen molar-refractivity contribution < 1.29 is 14.3 Å². The molecule has 136 valence electrons. The van der Waals surface area contributed by atoms with Crippen LogP contribution in [0.15, 0.2) is 0 Å². The highest BCUT2D eigenvalue weighted by Crippen LogP contribution is 2.30. The van der Waals surface area contributed by atoms with E-state index < -0.39 is 5.54 Å². The maximum Gasteiger partial charge on any atom is 0.325 e. The third-order valence-electron chi connectivity index (χ3n) is 5.83. The smallest absolute Gasteiger partial charge is 0.325 e. The van der Waals surface area contributed by atoms with E-state index in [-0.39, 0.29) is 18.0 Å². The van der Waals surface area contributed by atoms with Gasteiger partial charge in [0.25, 0.3) is 5.91 Å². The molecule has 0 radical (unpaired) electrons. The zero-order valence-electron chi connectivity index (χ0n) is 15.2. The van der Waals surface area contributed by atoms with Crippen LogP contribution in [0.1, 0.15) is 52.9 Å². The molecule has 0 aromatic heterocycles. The molecule has 1 spiro atoms. The monoisotopic (exact) mass is 337 g/mol. The maximum atomic E-state index is 12.7. The molecule has 3 amide bonds. The van der Waals surface area contributed by atoms with Crippen molar-refractivity contribution in [3.63, 3.8) is 0 Å². The van der Waals surface area contributed by atoms with Crippen molar-refractivity contribution >= 4 is 11.9 Å². The topological polar surface area (TPSA) is 61.9 Å². The summed E-state index contributed by atoms with van der Waals surface area (Å²) in [5.74, 6) is 0.589. The number of imide groups is 1. The molecule has 2 aliphatic heterocycles. The Hall–Kier alpha value is -1.14. The van der Waals surface area contributed by atoms with E-state index in [9.17, 15) is 9.59 Å². The minimum absolute atomic E-state index is 0.0631. The molecular formula is C18H31N3O3. The SMILES string of the molecule is CC(C)N1C(=O)N[C@@]2(CCN(CCO[C@H]3CCCC[C@H]3C)C2)C1=O. The molecule has 1 N–H and O–H groups in total. The molecule has 24 heavy (non-hydrogen) atoms. The summed E-state index contributed by atoms with van der Waals surface area (Å²) in [6.45, 7) is 9.01. The number of likely N-dealkylation sites (tertiary alicyclic amines) is 1. The van der Waals surface area contributed by atoms with Crippen molar-refractivity contribution in [2.24, 2.45) is 5.92 Å². The molecule has 1 saturated carbocycles. The predicted molar refractivity (Wildman–Crippen MR) is 91.7 cm³/mol. The Morgan fingerprint density at radius 2 is 2.04 bits per heavy atom. The first-order chi connectivity index (χ1) is 11.4. The van der Waals surface area contributed by atoms with Gasteiger partial charge in [-0.25, -0.2) is 4.79 Å². The molecule has 3 rings (SSSR count). The number of nitrogens with zero attached hydrogens (tertiary/aromatic N) is 2. The van der Waals surface area contributed by atoms with Gasteiger partial charge in [-0.1, -0.05) is 19.8 Å². The largest absolute Gasteiger partial charge is 0.377 e. The second kappa shape index (κ2) is 7.00. The summed E-state index contributed by atoms with van der Waals surface area (Å²) in [7, 11) is 0. The van der Waals surface area contributed by atoms with Crippen molar-refractivity contribution in [3.8, 4) is 0 Å². The van der Waals surface area contributed by atoms with Gasteiger partial charge in [0, 0.05) is 25.7 Å². The normalized spacial score (nSPS) is 34.6. The van der Waals surface area contributed by atoms with E-state index in [2.05, 4.69) is 17.1 Å². The Bertz CT molecular complexity index is 496. The van der Waals surface area contributed by atoms with Gasteiger partial charge < -0.3 is 10.1 Å². The first-order valence-corrected chi connectivity index (χ1v) is 9.43. The molecule has 3 fully saturated rings. The average Bonchev–Trinajstić information content (AvgIpc) is 3.03. The summed E-state index contributed by atoms with van der Waals surface area (Å²) in [6.07, 6.45) is 6.11. The van der Waals surface area contributed by atoms with Crippen LogP contribution in [0.25, 0.3) is 0 Å². The van der Waals surface area contributed by atoms with Gasteiger partial charge in [0.05, 0.1) is 12.7 Å². The van der Waals surface area contributed by atoms with Crippen LogP contribution in [0.3, 0.4) is 0 Å². The average molecular weight is 337 g/mol. The molecular weight excluding hydrogens is 306 g/mol. The van der Waals surface area contributed by atoms with E-state index in [0.29, 0.717) is 31.6 Å². The fraction of sp³-hybridized carbons (Fsp3) is 0.889. The van der Waals surface area contributed by atoms with Crippen LogP contribution < -0.4 is 5.32 Å². The molecule has 0 unspecified atom stereocenters. The van der Waals surface area contributed by atoms with E-state index in [1.807, 2.05) is 13.8 Å². The van der Waals surface area contributed by atoms with Crippen LogP contribution in [-0.2, 0) is 9.53 Å². The highest BCUT2D eigenvalue weighted by Gasteiger charge is 2.55. The summed E-state index contributed by atoms with van der Waals surface area (Å²) in [5, 5.41) is 2.94. The van der Waals surface area contributed by atoms with Gasteiger partial charge in [-0.2, -0.15) is 0 Å². The Morgan fingerprint density at radius 3 is 2.71 bits per heavy atom. The fourth-order valence-corrected chi connectivity index (χ4v) is 4.33. The second-order valence-electron chi connectivity index (χ2n) is 7.98. The minimum atomic E-state index is -0.709. The molecule has 0 aromatic rings. The van der Waals surface area contributed by atoms with Gasteiger partial charge >= 0.3 is 6.03 Å². The summed E-state index contributed by atoms with van der Waals surface area (Å²) < 4.78 is 6.09. The zero-order valence-corrected chi connectivity index (χ0v) is 15.2. The van der Waals surface area contributed by atoms with Crippen LogP contribution in [0.2, 0.25) is 0 Å². The third kappa shape index (κ3) is 3.31. The highest BCUT2D eigenvalue weighted by atomic mass is 16.5. The van der Waals surface area contributed by atoms with Gasteiger partial charge in [0.15, 0.2) is 0 Å². The van der Waals surface area contributed by atoms with E-state index in [4.69, 9.17) is 4.74 Å². The number of rotatable bonds is 5. The standard InChI is InChI=1S/C18H31N3O3/c1-13(2)21-16(22)18(19-17(21)23)8-9-20(12-18)10-11-24-15-7-5-4-6-14(15)3/h13-15H,4-12H2,1-3H3,(H,19,23)/t14-,15+,18-/m1/s1. The minimum Gasteiger partial charge on any atom is -0.377 e. The van der Waals surface area contributed by atoms with Gasteiger partial charge in [0.2, 0.25) is 0 Å². The van der Waals surface area contributed by atoms with E-state index in [1.165, 1.54) is 30.6 Å². The van der Waals surface area contributed by atoms with Crippen molar-refractivity contribution in [2.75, 3.05) is 26.2 Å². The number of amides is 3. The molecule has 2 heterocycles. The Balaban J connectivity index is 1.49.